The SMILES string of the molecule is NC1CCC(NC(=O)c2c[nH]c3cnc(-c4ccccc4OCC4CC4)nc23)CC1. The lowest BCUT2D eigenvalue weighted by atomic mass is 9.92. The monoisotopic (exact) mass is 405 g/mol. The number of carbonyl (C=O) groups excluding carboxylic acids is 1. The Morgan fingerprint density at radius 3 is 2.77 bits per heavy atom. The Hall–Kier alpha value is -2.93. The number of para-hydroxylation sites is 1. The summed E-state index contributed by atoms with van der Waals surface area (Å²) in [5.41, 5.74) is 8.73. The van der Waals surface area contributed by atoms with Gasteiger partial charge in [-0.25, -0.2) is 9.97 Å². The van der Waals surface area contributed by atoms with E-state index in [1.807, 2.05) is 24.3 Å². The molecule has 7 heteroatoms. The maximum Gasteiger partial charge on any atom is 0.255 e. The van der Waals surface area contributed by atoms with E-state index in [4.69, 9.17) is 15.5 Å². The first-order valence-electron chi connectivity index (χ1n) is 10.8. The van der Waals surface area contributed by atoms with Crippen molar-refractivity contribution in [3.63, 3.8) is 0 Å². The zero-order valence-corrected chi connectivity index (χ0v) is 16.9. The van der Waals surface area contributed by atoms with Gasteiger partial charge in [0.15, 0.2) is 5.82 Å². The molecule has 0 atom stereocenters. The molecule has 2 saturated carbocycles. The number of H-pyrrole nitrogens is 1. The van der Waals surface area contributed by atoms with Gasteiger partial charge in [-0.15, -0.1) is 0 Å². The van der Waals surface area contributed by atoms with Crippen LogP contribution in [0.4, 0.5) is 0 Å². The average Bonchev–Trinajstić information content (AvgIpc) is 3.50. The maximum absolute atomic E-state index is 12.9. The van der Waals surface area contributed by atoms with Gasteiger partial charge in [0.25, 0.3) is 5.91 Å². The quantitative estimate of drug-likeness (QED) is 0.583. The number of carbonyl (C=O) groups is 1. The van der Waals surface area contributed by atoms with Crippen molar-refractivity contribution in [1.82, 2.24) is 20.3 Å². The van der Waals surface area contributed by atoms with Gasteiger partial charge < -0.3 is 20.8 Å². The van der Waals surface area contributed by atoms with Gasteiger partial charge in [0, 0.05) is 18.3 Å². The standard InChI is InChI=1S/C23H27N5O2/c24-15-7-9-16(10-8-15)27-23(29)18-11-25-19-12-26-22(28-21(18)19)17-3-1-2-4-20(17)30-13-14-5-6-14/h1-4,11-12,14-16,25H,5-10,13,24H2,(H,27,29). The third-order valence-electron chi connectivity index (χ3n) is 6.07. The summed E-state index contributed by atoms with van der Waals surface area (Å²) in [5, 5.41) is 3.14. The number of nitrogens with two attached hydrogens (primary N) is 1. The molecule has 0 unspecified atom stereocenters. The van der Waals surface area contributed by atoms with Crippen LogP contribution in [0.25, 0.3) is 22.4 Å². The second kappa shape index (κ2) is 8.07. The molecular weight excluding hydrogens is 378 g/mol. The zero-order valence-electron chi connectivity index (χ0n) is 16.9. The molecule has 0 bridgehead atoms. The molecular formula is C23H27N5O2. The number of aromatic amines is 1. The number of amides is 1. The maximum atomic E-state index is 12.9. The Kier molecular flexibility index (Phi) is 5.12. The van der Waals surface area contributed by atoms with Crippen molar-refractivity contribution in [3.8, 4) is 17.1 Å². The number of hydrogen-bond donors (Lipinski definition) is 3. The first kappa shape index (κ1) is 19.1. The van der Waals surface area contributed by atoms with Crippen LogP contribution in [0.15, 0.2) is 36.7 Å². The van der Waals surface area contributed by atoms with E-state index in [0.717, 1.165) is 49.1 Å². The summed E-state index contributed by atoms with van der Waals surface area (Å²) in [7, 11) is 0. The number of hydrogen-bond acceptors (Lipinski definition) is 5. The van der Waals surface area contributed by atoms with E-state index in [9.17, 15) is 4.79 Å². The van der Waals surface area contributed by atoms with E-state index in [0.29, 0.717) is 22.8 Å². The summed E-state index contributed by atoms with van der Waals surface area (Å²) >= 11 is 0. The highest BCUT2D eigenvalue weighted by atomic mass is 16.5. The minimum Gasteiger partial charge on any atom is -0.493 e. The van der Waals surface area contributed by atoms with Crippen molar-refractivity contribution in [2.75, 3.05) is 6.61 Å². The number of rotatable bonds is 6. The summed E-state index contributed by atoms with van der Waals surface area (Å²) in [6.07, 6.45) is 9.64. The van der Waals surface area contributed by atoms with E-state index in [-0.39, 0.29) is 18.0 Å². The summed E-state index contributed by atoms with van der Waals surface area (Å²) in [6, 6.07) is 8.23. The lowest BCUT2D eigenvalue weighted by molar-refractivity contribution is 0.0927. The van der Waals surface area contributed by atoms with Gasteiger partial charge in [0.1, 0.15) is 11.3 Å². The van der Waals surface area contributed by atoms with E-state index >= 15 is 0 Å². The van der Waals surface area contributed by atoms with Gasteiger partial charge in [-0.1, -0.05) is 12.1 Å². The minimum absolute atomic E-state index is 0.107. The summed E-state index contributed by atoms with van der Waals surface area (Å²) in [5.74, 6) is 1.90. The Balaban J connectivity index is 1.40. The topological polar surface area (TPSA) is 106 Å². The molecule has 156 valence electrons. The van der Waals surface area contributed by atoms with Crippen molar-refractivity contribution >= 4 is 16.9 Å². The van der Waals surface area contributed by atoms with Crippen LogP contribution < -0.4 is 15.8 Å². The van der Waals surface area contributed by atoms with E-state index in [2.05, 4.69) is 15.3 Å². The highest BCUT2D eigenvalue weighted by Crippen LogP contribution is 2.33. The molecule has 0 aliphatic heterocycles. The number of benzene rings is 1. The molecule has 1 aromatic carbocycles. The van der Waals surface area contributed by atoms with Gasteiger partial charge in [-0.3, -0.25) is 4.79 Å². The molecule has 7 nitrogen and oxygen atoms in total. The molecule has 0 saturated heterocycles. The van der Waals surface area contributed by atoms with E-state index in [1.54, 1.807) is 12.4 Å². The molecule has 0 radical (unpaired) electrons. The largest absolute Gasteiger partial charge is 0.493 e. The van der Waals surface area contributed by atoms with Crippen molar-refractivity contribution in [3.05, 3.63) is 42.2 Å². The lowest BCUT2D eigenvalue weighted by Crippen LogP contribution is -2.40. The number of nitrogens with zero attached hydrogens (tertiary/aromatic N) is 2. The predicted octanol–water partition coefficient (Wildman–Crippen LogP) is 3.41. The van der Waals surface area contributed by atoms with E-state index < -0.39 is 0 Å². The van der Waals surface area contributed by atoms with Crippen molar-refractivity contribution < 1.29 is 9.53 Å². The smallest absolute Gasteiger partial charge is 0.255 e. The van der Waals surface area contributed by atoms with Crippen LogP contribution >= 0.6 is 0 Å². The fourth-order valence-electron chi connectivity index (χ4n) is 4.01. The van der Waals surface area contributed by atoms with Crippen molar-refractivity contribution in [2.24, 2.45) is 11.7 Å². The molecule has 2 fully saturated rings. The van der Waals surface area contributed by atoms with Crippen LogP contribution in [-0.4, -0.2) is 39.5 Å². The molecule has 2 aromatic heterocycles. The Morgan fingerprint density at radius 1 is 1.17 bits per heavy atom. The molecule has 3 aromatic rings. The number of aromatic nitrogens is 3. The van der Waals surface area contributed by atoms with Gasteiger partial charge >= 0.3 is 0 Å². The summed E-state index contributed by atoms with van der Waals surface area (Å²) < 4.78 is 6.02. The van der Waals surface area contributed by atoms with Crippen LogP contribution in [0.3, 0.4) is 0 Å². The predicted molar refractivity (Wildman–Crippen MR) is 115 cm³/mol. The fourth-order valence-corrected chi connectivity index (χ4v) is 4.01. The van der Waals surface area contributed by atoms with Crippen molar-refractivity contribution in [2.45, 2.75) is 50.6 Å². The number of ether oxygens (including phenoxy) is 1. The average molecular weight is 406 g/mol. The Bertz CT molecular complexity index is 1050. The second-order valence-corrected chi connectivity index (χ2v) is 8.49. The number of nitrogens with one attached hydrogen (secondary N) is 2. The van der Waals surface area contributed by atoms with Crippen molar-refractivity contribution in [1.29, 1.82) is 0 Å². The molecule has 0 spiro atoms. The summed E-state index contributed by atoms with van der Waals surface area (Å²) in [4.78, 5) is 25.3. The second-order valence-electron chi connectivity index (χ2n) is 8.49. The van der Waals surface area contributed by atoms with Crippen LogP contribution in [0.2, 0.25) is 0 Å². The molecule has 1 amide bonds. The minimum atomic E-state index is -0.107. The van der Waals surface area contributed by atoms with Gasteiger partial charge in [-0.2, -0.15) is 0 Å². The molecule has 2 heterocycles. The van der Waals surface area contributed by atoms with Gasteiger partial charge in [-0.05, 0) is 56.6 Å². The molecule has 5 rings (SSSR count). The Morgan fingerprint density at radius 2 is 1.97 bits per heavy atom. The van der Waals surface area contributed by atoms with Crippen LogP contribution in [-0.2, 0) is 0 Å². The third kappa shape index (κ3) is 4.03. The zero-order chi connectivity index (χ0) is 20.5. The normalized spacial score (nSPS) is 21.5. The van der Waals surface area contributed by atoms with Crippen LogP contribution in [0.1, 0.15) is 48.9 Å². The van der Waals surface area contributed by atoms with E-state index in [1.165, 1.54) is 12.8 Å². The first-order valence-corrected chi connectivity index (χ1v) is 10.8. The van der Waals surface area contributed by atoms with Crippen LogP contribution in [0.5, 0.6) is 5.75 Å². The molecule has 2 aliphatic carbocycles. The van der Waals surface area contributed by atoms with Gasteiger partial charge in [0.05, 0.1) is 29.4 Å². The highest BCUT2D eigenvalue weighted by molar-refractivity contribution is 6.05. The first-order chi connectivity index (χ1) is 14.7. The fraction of sp³-hybridized carbons (Fsp3) is 0.435. The molecule has 4 N–H and O–H groups in total. The molecule has 30 heavy (non-hydrogen) atoms. The number of fused-ring (bicyclic) bond motifs is 1. The highest BCUT2D eigenvalue weighted by Gasteiger charge is 2.24. The third-order valence-corrected chi connectivity index (χ3v) is 6.07. The van der Waals surface area contributed by atoms with Gasteiger partial charge in [0.2, 0.25) is 0 Å². The van der Waals surface area contributed by atoms with Crippen LogP contribution in [0, 0.1) is 5.92 Å². The summed E-state index contributed by atoms with van der Waals surface area (Å²) in [6.45, 7) is 0.724. The lowest BCUT2D eigenvalue weighted by Gasteiger charge is -2.26. The Labute approximate surface area is 175 Å². The molecule has 2 aliphatic rings.